The fourth-order valence-electron chi connectivity index (χ4n) is 1.11. The first-order valence-electron chi connectivity index (χ1n) is 3.68. The molecule has 0 radical (unpaired) electrons. The van der Waals surface area contributed by atoms with Crippen LogP contribution in [0.3, 0.4) is 0 Å². The van der Waals surface area contributed by atoms with Crippen molar-refractivity contribution in [3.63, 3.8) is 0 Å². The van der Waals surface area contributed by atoms with Gasteiger partial charge >= 0.3 is 0 Å². The van der Waals surface area contributed by atoms with Gasteiger partial charge in [0.05, 0.1) is 0 Å². The monoisotopic (exact) mass is 144 g/mol. The van der Waals surface area contributed by atoms with E-state index in [-0.39, 0.29) is 0 Å². The molecule has 0 heterocycles. The third kappa shape index (κ3) is 2.90. The first-order valence-corrected chi connectivity index (χ1v) is 4.12. The maximum Gasteiger partial charge on any atom is 0.0339 e. The lowest BCUT2D eigenvalue weighted by atomic mass is 10.1. The smallest absolute Gasteiger partial charge is 0.0339 e. The van der Waals surface area contributed by atoms with Crippen LogP contribution in [0.1, 0.15) is 32.1 Å². The molecule has 0 aliphatic heterocycles. The topological polar surface area (TPSA) is 0 Å². The quantitative estimate of drug-likeness (QED) is 0.362. The number of hydrogen-bond acceptors (Lipinski definition) is 0. The Bertz CT molecular complexity index is 96.7. The van der Waals surface area contributed by atoms with E-state index in [1.807, 2.05) is 0 Å². The summed E-state index contributed by atoms with van der Waals surface area (Å²) < 4.78 is 0. The molecular formula is C8H13Cl. The van der Waals surface area contributed by atoms with Gasteiger partial charge in [0, 0.05) is 5.38 Å². The second-order valence-corrected chi connectivity index (χ2v) is 3.19. The molecule has 0 fully saturated rings. The predicted molar refractivity (Wildman–Crippen MR) is 41.9 cm³/mol. The second-order valence-electron chi connectivity index (χ2n) is 2.58. The number of allylic oxidation sites excluding steroid dienone is 2. The third-order valence-electron chi connectivity index (χ3n) is 1.70. The molecule has 1 rings (SSSR count). The van der Waals surface area contributed by atoms with E-state index >= 15 is 0 Å². The van der Waals surface area contributed by atoms with Gasteiger partial charge in [0.15, 0.2) is 0 Å². The molecular weight excluding hydrogens is 132 g/mol. The summed E-state index contributed by atoms with van der Waals surface area (Å²) in [6.07, 6.45) is 10.5. The number of hydrogen-bond donors (Lipinski definition) is 0. The zero-order chi connectivity index (χ0) is 6.53. The molecule has 0 saturated carbocycles. The van der Waals surface area contributed by atoms with Crippen molar-refractivity contribution in [2.45, 2.75) is 37.5 Å². The summed E-state index contributed by atoms with van der Waals surface area (Å²) in [6, 6.07) is 0. The largest absolute Gasteiger partial charge is 0.123 e. The van der Waals surface area contributed by atoms with Crippen molar-refractivity contribution in [1.82, 2.24) is 0 Å². The van der Waals surface area contributed by atoms with E-state index in [2.05, 4.69) is 12.2 Å². The summed E-state index contributed by atoms with van der Waals surface area (Å²) >= 11 is 5.96. The lowest BCUT2D eigenvalue weighted by Crippen LogP contribution is -1.98. The van der Waals surface area contributed by atoms with E-state index in [0.717, 1.165) is 6.42 Å². The van der Waals surface area contributed by atoms with Crippen molar-refractivity contribution in [3.05, 3.63) is 12.2 Å². The SMILES string of the molecule is ClC1CCC=CCCC1. The molecule has 0 aromatic rings. The van der Waals surface area contributed by atoms with Gasteiger partial charge in [-0.15, -0.1) is 11.6 Å². The Kier molecular flexibility index (Phi) is 3.13. The molecule has 0 saturated heterocycles. The number of halogens is 1. The van der Waals surface area contributed by atoms with Crippen molar-refractivity contribution in [3.8, 4) is 0 Å². The standard InChI is InChI=1S/C8H13Cl/c9-8-6-4-2-1-3-5-7-8/h1-2,8H,3-7H2. The van der Waals surface area contributed by atoms with E-state index in [0.29, 0.717) is 5.38 Å². The zero-order valence-electron chi connectivity index (χ0n) is 5.65. The van der Waals surface area contributed by atoms with Crippen LogP contribution in [0.5, 0.6) is 0 Å². The molecule has 52 valence electrons. The molecule has 0 aromatic heterocycles. The van der Waals surface area contributed by atoms with E-state index in [4.69, 9.17) is 11.6 Å². The van der Waals surface area contributed by atoms with Crippen LogP contribution in [0, 0.1) is 0 Å². The van der Waals surface area contributed by atoms with Crippen LogP contribution in [0.15, 0.2) is 12.2 Å². The molecule has 0 N–H and O–H groups in total. The summed E-state index contributed by atoms with van der Waals surface area (Å²) in [4.78, 5) is 0. The summed E-state index contributed by atoms with van der Waals surface area (Å²) in [5, 5.41) is 0.440. The minimum atomic E-state index is 0.440. The number of alkyl halides is 1. The molecule has 1 heteroatoms. The van der Waals surface area contributed by atoms with Gasteiger partial charge in [-0.1, -0.05) is 12.2 Å². The molecule has 9 heavy (non-hydrogen) atoms. The molecule has 0 amide bonds. The van der Waals surface area contributed by atoms with Gasteiger partial charge in [0.2, 0.25) is 0 Å². The molecule has 1 aliphatic carbocycles. The fraction of sp³-hybridized carbons (Fsp3) is 0.750. The minimum Gasteiger partial charge on any atom is -0.123 e. The van der Waals surface area contributed by atoms with E-state index in [9.17, 15) is 0 Å². The van der Waals surface area contributed by atoms with Crippen LogP contribution in [-0.2, 0) is 0 Å². The maximum atomic E-state index is 5.96. The summed E-state index contributed by atoms with van der Waals surface area (Å²) in [5.41, 5.74) is 0. The molecule has 0 nitrogen and oxygen atoms in total. The Hall–Kier alpha value is 0.0300. The van der Waals surface area contributed by atoms with Crippen LogP contribution < -0.4 is 0 Å². The Morgan fingerprint density at radius 1 is 1.11 bits per heavy atom. The molecule has 1 aliphatic rings. The normalized spacial score (nSPS) is 29.2. The fourth-order valence-corrected chi connectivity index (χ4v) is 1.39. The van der Waals surface area contributed by atoms with Gasteiger partial charge in [-0.05, 0) is 32.1 Å². The third-order valence-corrected chi connectivity index (χ3v) is 2.14. The molecule has 1 atom stereocenters. The van der Waals surface area contributed by atoms with Gasteiger partial charge in [0.1, 0.15) is 0 Å². The molecule has 0 spiro atoms. The summed E-state index contributed by atoms with van der Waals surface area (Å²) in [5.74, 6) is 0. The Balaban J connectivity index is 2.27. The van der Waals surface area contributed by atoms with Crippen LogP contribution in [-0.4, -0.2) is 5.38 Å². The highest BCUT2D eigenvalue weighted by Crippen LogP contribution is 2.16. The first-order chi connectivity index (χ1) is 4.39. The Labute approximate surface area is 61.9 Å². The van der Waals surface area contributed by atoms with Crippen LogP contribution in [0.25, 0.3) is 0 Å². The number of rotatable bonds is 0. The highest BCUT2D eigenvalue weighted by atomic mass is 35.5. The predicted octanol–water partition coefficient (Wildman–Crippen LogP) is 3.11. The average molecular weight is 145 g/mol. The average Bonchev–Trinajstić information content (AvgIpc) is 1.79. The molecule has 0 bridgehead atoms. The summed E-state index contributed by atoms with van der Waals surface area (Å²) in [6.45, 7) is 0. The van der Waals surface area contributed by atoms with Crippen LogP contribution >= 0.6 is 11.6 Å². The summed E-state index contributed by atoms with van der Waals surface area (Å²) in [7, 11) is 0. The Morgan fingerprint density at radius 3 is 2.78 bits per heavy atom. The van der Waals surface area contributed by atoms with Gasteiger partial charge in [-0.25, -0.2) is 0 Å². The Morgan fingerprint density at radius 2 is 1.89 bits per heavy atom. The van der Waals surface area contributed by atoms with Crippen molar-refractivity contribution >= 4 is 11.6 Å². The van der Waals surface area contributed by atoms with Gasteiger partial charge in [0.25, 0.3) is 0 Å². The maximum absolute atomic E-state index is 5.96. The van der Waals surface area contributed by atoms with E-state index in [1.165, 1.54) is 25.7 Å². The van der Waals surface area contributed by atoms with Gasteiger partial charge < -0.3 is 0 Å². The zero-order valence-corrected chi connectivity index (χ0v) is 6.40. The molecule has 0 aromatic carbocycles. The highest BCUT2D eigenvalue weighted by molar-refractivity contribution is 6.20. The van der Waals surface area contributed by atoms with E-state index < -0.39 is 0 Å². The van der Waals surface area contributed by atoms with Crippen LogP contribution in [0.4, 0.5) is 0 Å². The highest BCUT2D eigenvalue weighted by Gasteiger charge is 2.03. The second kappa shape index (κ2) is 3.94. The first kappa shape index (κ1) is 7.14. The van der Waals surface area contributed by atoms with Gasteiger partial charge in [-0.3, -0.25) is 0 Å². The molecule has 1 unspecified atom stereocenters. The lowest BCUT2D eigenvalue weighted by Gasteiger charge is -2.08. The van der Waals surface area contributed by atoms with Gasteiger partial charge in [-0.2, -0.15) is 0 Å². The van der Waals surface area contributed by atoms with Crippen molar-refractivity contribution < 1.29 is 0 Å². The van der Waals surface area contributed by atoms with Crippen molar-refractivity contribution in [2.24, 2.45) is 0 Å². The minimum absolute atomic E-state index is 0.440. The lowest BCUT2D eigenvalue weighted by molar-refractivity contribution is 0.646. The van der Waals surface area contributed by atoms with E-state index in [1.54, 1.807) is 0 Å². The van der Waals surface area contributed by atoms with Crippen LogP contribution in [0.2, 0.25) is 0 Å². The van der Waals surface area contributed by atoms with Crippen molar-refractivity contribution in [2.75, 3.05) is 0 Å². The van der Waals surface area contributed by atoms with Crippen molar-refractivity contribution in [1.29, 1.82) is 0 Å².